The SMILES string of the molecule is Nc1cn(Cc2ccc(Cl)c(Cl)c2)nn1. The zero-order chi connectivity index (χ0) is 10.8. The minimum Gasteiger partial charge on any atom is -0.381 e. The second kappa shape index (κ2) is 4.08. The Labute approximate surface area is 96.6 Å². The lowest BCUT2D eigenvalue weighted by Gasteiger charge is -2.02. The molecule has 78 valence electrons. The molecule has 0 unspecified atom stereocenters. The van der Waals surface area contributed by atoms with Crippen LogP contribution < -0.4 is 5.73 Å². The molecular weight excluding hydrogens is 235 g/mol. The molecule has 0 radical (unpaired) electrons. The lowest BCUT2D eigenvalue weighted by Crippen LogP contribution is -2.00. The quantitative estimate of drug-likeness (QED) is 0.879. The predicted molar refractivity (Wildman–Crippen MR) is 60.0 cm³/mol. The van der Waals surface area contributed by atoms with E-state index >= 15 is 0 Å². The Morgan fingerprint density at radius 3 is 2.67 bits per heavy atom. The topological polar surface area (TPSA) is 56.7 Å². The molecule has 0 saturated carbocycles. The zero-order valence-corrected chi connectivity index (χ0v) is 9.20. The number of aromatic nitrogens is 3. The molecule has 6 heteroatoms. The monoisotopic (exact) mass is 242 g/mol. The maximum atomic E-state index is 5.88. The van der Waals surface area contributed by atoms with Gasteiger partial charge in [0.25, 0.3) is 0 Å². The van der Waals surface area contributed by atoms with Crippen molar-refractivity contribution in [3.05, 3.63) is 40.0 Å². The van der Waals surface area contributed by atoms with Gasteiger partial charge in [-0.25, -0.2) is 4.68 Å². The highest BCUT2D eigenvalue weighted by Crippen LogP contribution is 2.22. The number of rotatable bonds is 2. The lowest BCUT2D eigenvalue weighted by molar-refractivity contribution is 0.650. The summed E-state index contributed by atoms with van der Waals surface area (Å²) in [5, 5.41) is 8.58. The van der Waals surface area contributed by atoms with Crippen molar-refractivity contribution in [2.24, 2.45) is 0 Å². The van der Waals surface area contributed by atoms with Gasteiger partial charge in [0, 0.05) is 0 Å². The van der Waals surface area contributed by atoms with Crippen LogP contribution in [0.25, 0.3) is 0 Å². The molecule has 4 nitrogen and oxygen atoms in total. The summed E-state index contributed by atoms with van der Waals surface area (Å²) in [6.07, 6.45) is 1.66. The fourth-order valence-electron chi connectivity index (χ4n) is 1.22. The molecule has 0 atom stereocenters. The molecule has 1 aromatic heterocycles. The third-order valence-corrected chi connectivity index (χ3v) is 2.62. The number of nitrogen functional groups attached to an aromatic ring is 1. The van der Waals surface area contributed by atoms with E-state index in [2.05, 4.69) is 10.3 Å². The Hall–Kier alpha value is -1.26. The molecule has 2 N–H and O–H groups in total. The molecule has 0 aliphatic rings. The third kappa shape index (κ3) is 2.40. The van der Waals surface area contributed by atoms with E-state index in [1.807, 2.05) is 6.07 Å². The van der Waals surface area contributed by atoms with E-state index in [-0.39, 0.29) is 0 Å². The van der Waals surface area contributed by atoms with Crippen molar-refractivity contribution in [3.63, 3.8) is 0 Å². The number of nitrogens with zero attached hydrogens (tertiary/aromatic N) is 3. The molecule has 0 aliphatic heterocycles. The Bertz CT molecular complexity index is 481. The van der Waals surface area contributed by atoms with Crippen LogP contribution in [0, 0.1) is 0 Å². The van der Waals surface area contributed by atoms with E-state index in [9.17, 15) is 0 Å². The predicted octanol–water partition coefficient (Wildman–Crippen LogP) is 2.22. The molecule has 1 heterocycles. The normalized spacial score (nSPS) is 10.5. The maximum absolute atomic E-state index is 5.88. The number of nitrogens with two attached hydrogens (primary N) is 1. The fraction of sp³-hybridized carbons (Fsp3) is 0.111. The van der Waals surface area contributed by atoms with Gasteiger partial charge in [0.15, 0.2) is 5.82 Å². The molecule has 2 aromatic rings. The van der Waals surface area contributed by atoms with Crippen molar-refractivity contribution >= 4 is 29.0 Å². The van der Waals surface area contributed by atoms with Crippen LogP contribution in [0.2, 0.25) is 10.0 Å². The average Bonchev–Trinajstić information content (AvgIpc) is 2.58. The Balaban J connectivity index is 2.21. The van der Waals surface area contributed by atoms with Gasteiger partial charge in [-0.15, -0.1) is 5.10 Å². The van der Waals surface area contributed by atoms with Gasteiger partial charge >= 0.3 is 0 Å². The highest BCUT2D eigenvalue weighted by molar-refractivity contribution is 6.42. The first-order valence-corrected chi connectivity index (χ1v) is 5.00. The Morgan fingerprint density at radius 2 is 2.07 bits per heavy atom. The van der Waals surface area contributed by atoms with Crippen LogP contribution in [0.15, 0.2) is 24.4 Å². The first-order valence-electron chi connectivity index (χ1n) is 4.24. The molecule has 0 fully saturated rings. The summed E-state index contributed by atoms with van der Waals surface area (Å²) in [5.74, 6) is 0.398. The minimum absolute atomic E-state index is 0.398. The van der Waals surface area contributed by atoms with Crippen LogP contribution in [0.5, 0.6) is 0 Å². The van der Waals surface area contributed by atoms with Crippen LogP contribution in [0.4, 0.5) is 5.82 Å². The average molecular weight is 243 g/mol. The summed E-state index contributed by atoms with van der Waals surface area (Å²) in [4.78, 5) is 0. The van der Waals surface area contributed by atoms with Crippen LogP contribution in [-0.4, -0.2) is 15.0 Å². The Kier molecular flexibility index (Phi) is 2.79. The van der Waals surface area contributed by atoms with E-state index in [1.54, 1.807) is 23.0 Å². The van der Waals surface area contributed by atoms with E-state index < -0.39 is 0 Å². The number of halogens is 2. The number of hydrogen-bond acceptors (Lipinski definition) is 3. The number of anilines is 1. The molecule has 0 aliphatic carbocycles. The van der Waals surface area contributed by atoms with Gasteiger partial charge in [0.05, 0.1) is 22.8 Å². The molecule has 0 spiro atoms. The second-order valence-corrected chi connectivity index (χ2v) is 3.90. The highest BCUT2D eigenvalue weighted by Gasteiger charge is 2.01. The van der Waals surface area contributed by atoms with Gasteiger partial charge in [-0.2, -0.15) is 0 Å². The lowest BCUT2D eigenvalue weighted by atomic mass is 10.2. The summed E-state index contributed by atoms with van der Waals surface area (Å²) in [6, 6.07) is 5.42. The molecule has 2 rings (SSSR count). The van der Waals surface area contributed by atoms with Crippen LogP contribution in [-0.2, 0) is 6.54 Å². The minimum atomic E-state index is 0.398. The van der Waals surface area contributed by atoms with Crippen molar-refractivity contribution < 1.29 is 0 Å². The first kappa shape index (κ1) is 10.3. The van der Waals surface area contributed by atoms with Crippen molar-refractivity contribution in [2.75, 3.05) is 5.73 Å². The van der Waals surface area contributed by atoms with Gasteiger partial charge in [0.2, 0.25) is 0 Å². The number of hydrogen-bond donors (Lipinski definition) is 1. The van der Waals surface area contributed by atoms with Gasteiger partial charge < -0.3 is 5.73 Å². The fourth-order valence-corrected chi connectivity index (χ4v) is 1.54. The van der Waals surface area contributed by atoms with Crippen LogP contribution in [0.1, 0.15) is 5.56 Å². The van der Waals surface area contributed by atoms with E-state index in [0.717, 1.165) is 5.56 Å². The van der Waals surface area contributed by atoms with Gasteiger partial charge in [-0.05, 0) is 17.7 Å². The van der Waals surface area contributed by atoms with Gasteiger partial charge in [-0.3, -0.25) is 0 Å². The molecular formula is C9H8Cl2N4. The van der Waals surface area contributed by atoms with Crippen molar-refractivity contribution in [2.45, 2.75) is 6.54 Å². The number of benzene rings is 1. The van der Waals surface area contributed by atoms with E-state index in [4.69, 9.17) is 28.9 Å². The summed E-state index contributed by atoms with van der Waals surface area (Å²) in [6.45, 7) is 0.571. The van der Waals surface area contributed by atoms with Gasteiger partial charge in [-0.1, -0.05) is 34.5 Å². The van der Waals surface area contributed by atoms with Crippen molar-refractivity contribution in [1.29, 1.82) is 0 Å². The Morgan fingerprint density at radius 1 is 1.27 bits per heavy atom. The maximum Gasteiger partial charge on any atom is 0.165 e. The zero-order valence-electron chi connectivity index (χ0n) is 7.69. The summed E-state index contributed by atoms with van der Waals surface area (Å²) in [5.41, 5.74) is 6.44. The largest absolute Gasteiger partial charge is 0.381 e. The summed E-state index contributed by atoms with van der Waals surface area (Å²) < 4.78 is 1.63. The van der Waals surface area contributed by atoms with Crippen LogP contribution >= 0.6 is 23.2 Å². The third-order valence-electron chi connectivity index (χ3n) is 1.88. The molecule has 1 aromatic carbocycles. The van der Waals surface area contributed by atoms with E-state index in [0.29, 0.717) is 22.4 Å². The van der Waals surface area contributed by atoms with Crippen molar-refractivity contribution in [3.8, 4) is 0 Å². The smallest absolute Gasteiger partial charge is 0.165 e. The van der Waals surface area contributed by atoms with Crippen molar-refractivity contribution in [1.82, 2.24) is 15.0 Å². The summed E-state index contributed by atoms with van der Waals surface area (Å²) in [7, 11) is 0. The summed E-state index contributed by atoms with van der Waals surface area (Å²) >= 11 is 11.7. The standard InChI is InChI=1S/C9H8Cl2N4/c10-7-2-1-6(3-8(7)11)4-15-5-9(12)13-14-15/h1-3,5H,4,12H2. The van der Waals surface area contributed by atoms with Crippen LogP contribution in [0.3, 0.4) is 0 Å². The van der Waals surface area contributed by atoms with E-state index in [1.165, 1.54) is 0 Å². The second-order valence-electron chi connectivity index (χ2n) is 3.09. The molecule has 15 heavy (non-hydrogen) atoms. The first-order chi connectivity index (χ1) is 7.15. The molecule has 0 saturated heterocycles. The van der Waals surface area contributed by atoms with Gasteiger partial charge in [0.1, 0.15) is 0 Å². The molecule has 0 bridgehead atoms. The molecule has 0 amide bonds. The highest BCUT2D eigenvalue weighted by atomic mass is 35.5.